The molecule has 2 nitrogen and oxygen atoms in total. The smallest absolute Gasteiger partial charge is 0.399 e. The van der Waals surface area contributed by atoms with Crippen LogP contribution in [0.5, 0.6) is 0 Å². The van der Waals surface area contributed by atoms with Gasteiger partial charge in [-0.15, -0.1) is 0 Å². The minimum Gasteiger partial charge on any atom is -0.399 e. The van der Waals surface area contributed by atoms with E-state index in [4.69, 9.17) is 5.73 Å². The lowest BCUT2D eigenvalue weighted by Gasteiger charge is -2.20. The van der Waals surface area contributed by atoms with Crippen molar-refractivity contribution in [2.75, 3.05) is 5.73 Å². The van der Waals surface area contributed by atoms with Gasteiger partial charge in [0.1, 0.15) is 11.4 Å². The van der Waals surface area contributed by atoms with E-state index in [0.29, 0.717) is 0 Å². The van der Waals surface area contributed by atoms with E-state index in [-0.39, 0.29) is 30.6 Å². The highest BCUT2D eigenvalue weighted by Gasteiger charge is 2.62. The number of anilines is 1. The molecule has 1 fully saturated rings. The number of nitrogens with one attached hydrogen (secondary N) is 1. The average Bonchev–Trinajstić information content (AvgIpc) is 2.96. The fourth-order valence-corrected chi connectivity index (χ4v) is 1.66. The van der Waals surface area contributed by atoms with Crippen molar-refractivity contribution in [2.45, 2.75) is 31.1 Å². The standard InChI is InChI=1S/C11H12F4N2/c12-9-5-8(16)2-1-7(9)6-17-10(3-4-10)11(13,14)15/h1-2,5,17H,3-4,6,16H2. The Morgan fingerprint density at radius 1 is 1.29 bits per heavy atom. The SMILES string of the molecule is Nc1ccc(CNC2(C(F)(F)F)CC2)c(F)c1. The summed E-state index contributed by atoms with van der Waals surface area (Å²) < 4.78 is 51.1. The van der Waals surface area contributed by atoms with Crippen molar-refractivity contribution < 1.29 is 17.6 Å². The molecule has 0 heterocycles. The molecule has 0 aromatic heterocycles. The van der Waals surface area contributed by atoms with Gasteiger partial charge in [0, 0.05) is 17.8 Å². The van der Waals surface area contributed by atoms with Crippen LogP contribution in [0.25, 0.3) is 0 Å². The van der Waals surface area contributed by atoms with Crippen LogP contribution in [-0.2, 0) is 6.54 Å². The summed E-state index contributed by atoms with van der Waals surface area (Å²) in [6.07, 6.45) is -4.18. The zero-order chi connectivity index (χ0) is 12.7. The summed E-state index contributed by atoms with van der Waals surface area (Å²) in [5, 5.41) is 2.38. The molecule has 6 heteroatoms. The Morgan fingerprint density at radius 3 is 2.41 bits per heavy atom. The first kappa shape index (κ1) is 12.2. The minimum atomic E-state index is -4.28. The fourth-order valence-electron chi connectivity index (χ4n) is 1.66. The number of alkyl halides is 3. The van der Waals surface area contributed by atoms with E-state index in [0.717, 1.165) is 6.07 Å². The number of nitrogens with two attached hydrogens (primary N) is 1. The van der Waals surface area contributed by atoms with Crippen LogP contribution >= 0.6 is 0 Å². The largest absolute Gasteiger partial charge is 0.406 e. The van der Waals surface area contributed by atoms with Crippen molar-refractivity contribution in [3.05, 3.63) is 29.6 Å². The van der Waals surface area contributed by atoms with Crippen LogP contribution in [0.2, 0.25) is 0 Å². The predicted octanol–water partition coefficient (Wildman–Crippen LogP) is 2.59. The van der Waals surface area contributed by atoms with Gasteiger partial charge in [0.05, 0.1) is 0 Å². The summed E-state index contributed by atoms with van der Waals surface area (Å²) in [5.74, 6) is -0.588. The first-order valence-electron chi connectivity index (χ1n) is 5.20. The van der Waals surface area contributed by atoms with E-state index < -0.39 is 17.5 Å². The number of halogens is 4. The molecular formula is C11H12F4N2. The lowest BCUT2D eigenvalue weighted by Crippen LogP contribution is -2.44. The second kappa shape index (κ2) is 3.87. The first-order valence-corrected chi connectivity index (χ1v) is 5.20. The van der Waals surface area contributed by atoms with E-state index in [2.05, 4.69) is 5.32 Å². The molecule has 1 saturated carbocycles. The van der Waals surface area contributed by atoms with Crippen LogP contribution in [0.4, 0.5) is 23.2 Å². The Bertz CT molecular complexity index is 424. The molecule has 94 valence electrons. The zero-order valence-corrected chi connectivity index (χ0v) is 8.94. The molecule has 17 heavy (non-hydrogen) atoms. The topological polar surface area (TPSA) is 38.0 Å². The van der Waals surface area contributed by atoms with Gasteiger partial charge in [-0.25, -0.2) is 4.39 Å². The third-order valence-corrected chi connectivity index (χ3v) is 2.99. The van der Waals surface area contributed by atoms with Gasteiger partial charge in [-0.2, -0.15) is 13.2 Å². The van der Waals surface area contributed by atoms with Crippen LogP contribution in [0.15, 0.2) is 18.2 Å². The van der Waals surface area contributed by atoms with Gasteiger partial charge < -0.3 is 5.73 Å². The highest BCUT2D eigenvalue weighted by molar-refractivity contribution is 5.40. The predicted molar refractivity (Wildman–Crippen MR) is 55.7 cm³/mol. The summed E-state index contributed by atoms with van der Waals surface area (Å²) in [7, 11) is 0. The molecule has 1 aliphatic carbocycles. The van der Waals surface area contributed by atoms with Crippen molar-refractivity contribution >= 4 is 5.69 Å². The summed E-state index contributed by atoms with van der Waals surface area (Å²) in [5.41, 5.74) is 3.97. The number of benzene rings is 1. The highest BCUT2D eigenvalue weighted by atomic mass is 19.4. The molecule has 0 bridgehead atoms. The van der Waals surface area contributed by atoms with Crippen LogP contribution in [0.3, 0.4) is 0 Å². The maximum absolute atomic E-state index is 13.3. The summed E-state index contributed by atoms with van der Waals surface area (Å²) >= 11 is 0. The lowest BCUT2D eigenvalue weighted by molar-refractivity contribution is -0.166. The quantitative estimate of drug-likeness (QED) is 0.637. The molecule has 0 amide bonds. The molecule has 2 rings (SSSR count). The lowest BCUT2D eigenvalue weighted by atomic mass is 10.1. The normalized spacial score (nSPS) is 18.1. The maximum atomic E-state index is 13.3. The van der Waals surface area contributed by atoms with Crippen molar-refractivity contribution in [3.8, 4) is 0 Å². The third kappa shape index (κ3) is 2.36. The van der Waals surface area contributed by atoms with Gasteiger partial charge in [0.15, 0.2) is 0 Å². The van der Waals surface area contributed by atoms with Crippen molar-refractivity contribution in [1.29, 1.82) is 0 Å². The van der Waals surface area contributed by atoms with E-state index in [1.165, 1.54) is 12.1 Å². The number of rotatable bonds is 3. The van der Waals surface area contributed by atoms with E-state index in [1.807, 2.05) is 0 Å². The third-order valence-electron chi connectivity index (χ3n) is 2.99. The van der Waals surface area contributed by atoms with E-state index >= 15 is 0 Å². The average molecular weight is 248 g/mol. The molecule has 1 aromatic rings. The molecule has 0 saturated heterocycles. The fraction of sp³-hybridized carbons (Fsp3) is 0.455. The van der Waals surface area contributed by atoms with Crippen LogP contribution in [0, 0.1) is 5.82 Å². The van der Waals surface area contributed by atoms with Gasteiger partial charge in [-0.1, -0.05) is 6.07 Å². The molecule has 0 unspecified atom stereocenters. The van der Waals surface area contributed by atoms with Gasteiger partial charge in [0.2, 0.25) is 0 Å². The van der Waals surface area contributed by atoms with Gasteiger partial charge in [-0.05, 0) is 25.0 Å². The van der Waals surface area contributed by atoms with Crippen LogP contribution in [0.1, 0.15) is 18.4 Å². The number of hydrogen-bond donors (Lipinski definition) is 2. The molecule has 0 aliphatic heterocycles. The Morgan fingerprint density at radius 2 is 1.94 bits per heavy atom. The second-order valence-electron chi connectivity index (χ2n) is 4.28. The molecule has 0 atom stereocenters. The second-order valence-corrected chi connectivity index (χ2v) is 4.28. The number of hydrogen-bond acceptors (Lipinski definition) is 2. The van der Waals surface area contributed by atoms with Crippen molar-refractivity contribution in [2.24, 2.45) is 0 Å². The molecule has 0 spiro atoms. The van der Waals surface area contributed by atoms with Gasteiger partial charge in [-0.3, -0.25) is 5.32 Å². The molecular weight excluding hydrogens is 236 g/mol. The van der Waals surface area contributed by atoms with E-state index in [9.17, 15) is 17.6 Å². The maximum Gasteiger partial charge on any atom is 0.406 e. The molecule has 1 aliphatic rings. The number of nitrogen functional groups attached to an aromatic ring is 1. The molecule has 1 aromatic carbocycles. The molecule has 0 radical (unpaired) electrons. The minimum absolute atomic E-state index is 0.0487. The van der Waals surface area contributed by atoms with Crippen LogP contribution < -0.4 is 11.1 Å². The van der Waals surface area contributed by atoms with Crippen molar-refractivity contribution in [1.82, 2.24) is 5.32 Å². The Labute approximate surface area is 95.8 Å². The highest BCUT2D eigenvalue weighted by Crippen LogP contribution is 2.49. The van der Waals surface area contributed by atoms with Gasteiger partial charge >= 0.3 is 6.18 Å². The molecule has 3 N–H and O–H groups in total. The monoisotopic (exact) mass is 248 g/mol. The Hall–Kier alpha value is -1.30. The Balaban J connectivity index is 2.04. The summed E-state index contributed by atoms with van der Waals surface area (Å²) in [6, 6.07) is 3.96. The summed E-state index contributed by atoms with van der Waals surface area (Å²) in [4.78, 5) is 0. The summed E-state index contributed by atoms with van der Waals surface area (Å²) in [6.45, 7) is -0.147. The Kier molecular flexibility index (Phi) is 2.77. The van der Waals surface area contributed by atoms with Crippen molar-refractivity contribution in [3.63, 3.8) is 0 Å². The zero-order valence-electron chi connectivity index (χ0n) is 8.94. The van der Waals surface area contributed by atoms with Gasteiger partial charge in [0.25, 0.3) is 0 Å². The first-order chi connectivity index (χ1) is 7.84. The van der Waals surface area contributed by atoms with Crippen LogP contribution in [-0.4, -0.2) is 11.7 Å². The van der Waals surface area contributed by atoms with E-state index in [1.54, 1.807) is 0 Å².